The number of hydrogen-bond acceptors (Lipinski definition) is 7. The molecular formula is C27H37NO7. The molecule has 1 unspecified atom stereocenters. The first-order valence-corrected chi connectivity index (χ1v) is 12.6. The molecule has 1 N–H and O–H groups in total. The summed E-state index contributed by atoms with van der Waals surface area (Å²) in [4.78, 5) is 23.6. The molecule has 0 saturated carbocycles. The van der Waals surface area contributed by atoms with Gasteiger partial charge in [0.15, 0.2) is 6.29 Å². The van der Waals surface area contributed by atoms with Crippen LogP contribution in [0, 0.1) is 0 Å². The lowest BCUT2D eigenvalue weighted by atomic mass is 10.1. The van der Waals surface area contributed by atoms with Crippen LogP contribution in [0.4, 0.5) is 5.69 Å². The number of ether oxygens (including phenoxy) is 4. The van der Waals surface area contributed by atoms with Crippen molar-refractivity contribution in [3.8, 4) is 11.5 Å². The first-order chi connectivity index (χ1) is 17.0. The molecule has 1 amide bonds. The Morgan fingerprint density at radius 3 is 2.57 bits per heavy atom. The van der Waals surface area contributed by atoms with Gasteiger partial charge in [-0.15, -0.1) is 0 Å². The third kappa shape index (κ3) is 9.38. The fraction of sp³-hybridized carbons (Fsp3) is 0.556. The van der Waals surface area contributed by atoms with E-state index in [-0.39, 0.29) is 30.0 Å². The Hall–Kier alpha value is -2.84. The van der Waals surface area contributed by atoms with Crippen molar-refractivity contribution in [1.82, 2.24) is 0 Å². The number of anilines is 1. The van der Waals surface area contributed by atoms with Gasteiger partial charge in [0.2, 0.25) is 17.1 Å². The van der Waals surface area contributed by atoms with Gasteiger partial charge in [-0.2, -0.15) is 0 Å². The molecule has 0 aliphatic carbocycles. The van der Waals surface area contributed by atoms with E-state index in [0.29, 0.717) is 25.6 Å². The van der Waals surface area contributed by atoms with Crippen molar-refractivity contribution in [2.75, 3.05) is 25.1 Å². The number of benzene rings is 1. The lowest BCUT2D eigenvalue weighted by molar-refractivity contribution is -0.171. The van der Waals surface area contributed by atoms with Crippen LogP contribution < -0.4 is 20.2 Å². The summed E-state index contributed by atoms with van der Waals surface area (Å²) < 4.78 is 28.3. The highest BCUT2D eigenvalue weighted by molar-refractivity contribution is 5.88. The highest BCUT2D eigenvalue weighted by Gasteiger charge is 2.15. The van der Waals surface area contributed by atoms with Gasteiger partial charge in [0.25, 0.3) is 0 Å². The van der Waals surface area contributed by atoms with Crippen LogP contribution in [-0.2, 0) is 27.3 Å². The monoisotopic (exact) mass is 487 g/mol. The van der Waals surface area contributed by atoms with Crippen molar-refractivity contribution in [1.29, 1.82) is 0 Å². The van der Waals surface area contributed by atoms with Gasteiger partial charge in [-0.05, 0) is 56.6 Å². The minimum atomic E-state index is -0.228. The van der Waals surface area contributed by atoms with Gasteiger partial charge < -0.3 is 28.7 Å². The molecule has 1 aliphatic rings. The third-order valence-corrected chi connectivity index (χ3v) is 5.61. The quantitative estimate of drug-likeness (QED) is 0.365. The van der Waals surface area contributed by atoms with E-state index < -0.39 is 0 Å². The van der Waals surface area contributed by atoms with E-state index in [4.69, 9.17) is 23.4 Å². The molecule has 1 aromatic heterocycles. The van der Waals surface area contributed by atoms with Crippen molar-refractivity contribution in [2.45, 2.75) is 78.1 Å². The second-order valence-electron chi connectivity index (χ2n) is 8.69. The minimum Gasteiger partial charge on any atom is -0.493 e. The predicted octanol–water partition coefficient (Wildman–Crippen LogP) is 5.22. The van der Waals surface area contributed by atoms with Crippen LogP contribution in [0.2, 0.25) is 0 Å². The molecule has 8 heteroatoms. The molecular weight excluding hydrogens is 450 g/mol. The number of carbonyl (C=O) groups is 1. The summed E-state index contributed by atoms with van der Waals surface area (Å²) >= 11 is 0. The molecule has 2 heterocycles. The van der Waals surface area contributed by atoms with Crippen LogP contribution in [0.5, 0.6) is 11.5 Å². The van der Waals surface area contributed by atoms with Crippen molar-refractivity contribution in [3.63, 3.8) is 0 Å². The van der Waals surface area contributed by atoms with Gasteiger partial charge >= 0.3 is 0 Å². The van der Waals surface area contributed by atoms with Gasteiger partial charge in [0.1, 0.15) is 24.4 Å². The highest BCUT2D eigenvalue weighted by atomic mass is 16.7. The Kier molecular flexibility index (Phi) is 11.1. The second-order valence-corrected chi connectivity index (χ2v) is 8.69. The van der Waals surface area contributed by atoms with Crippen molar-refractivity contribution < 1.29 is 28.2 Å². The molecule has 3 rings (SSSR count). The van der Waals surface area contributed by atoms with E-state index >= 15 is 0 Å². The first-order valence-electron chi connectivity index (χ1n) is 12.6. The van der Waals surface area contributed by atoms with Gasteiger partial charge in [-0.1, -0.05) is 19.4 Å². The van der Waals surface area contributed by atoms with Crippen LogP contribution in [0.15, 0.2) is 39.7 Å². The molecule has 35 heavy (non-hydrogen) atoms. The number of unbranched alkanes of at least 4 members (excludes halogenated alkanes) is 2. The number of amides is 1. The largest absolute Gasteiger partial charge is 0.493 e. The van der Waals surface area contributed by atoms with E-state index in [2.05, 4.69) is 12.2 Å². The maximum absolute atomic E-state index is 12.3. The summed E-state index contributed by atoms with van der Waals surface area (Å²) in [5.41, 5.74) is 1.65. The van der Waals surface area contributed by atoms with Crippen LogP contribution >= 0.6 is 0 Å². The zero-order chi connectivity index (χ0) is 24.9. The Bertz CT molecular complexity index is 982. The van der Waals surface area contributed by atoms with E-state index in [1.54, 1.807) is 0 Å². The normalized spacial score (nSPS) is 15.5. The molecule has 192 valence electrons. The molecule has 0 spiro atoms. The van der Waals surface area contributed by atoms with E-state index in [1.165, 1.54) is 19.3 Å². The van der Waals surface area contributed by atoms with Gasteiger partial charge in [0.05, 0.1) is 13.2 Å². The lowest BCUT2D eigenvalue weighted by Crippen LogP contribution is -2.22. The standard InChI is InChI=1S/C27H37NO7/c1-3-9-21-11-12-22(28-20(2)29)16-25(21)31-13-6-4-7-14-32-26-19-34-23(17-24(26)30)18-35-27-10-5-8-15-33-27/h11-12,16-17,19,27H,3-10,13-15,18H2,1-2H3,(H,28,29). The van der Waals surface area contributed by atoms with Crippen LogP contribution in [0.3, 0.4) is 0 Å². The average Bonchev–Trinajstić information content (AvgIpc) is 2.85. The van der Waals surface area contributed by atoms with Gasteiger partial charge in [0, 0.05) is 31.4 Å². The molecule has 0 bridgehead atoms. The van der Waals surface area contributed by atoms with Crippen molar-refractivity contribution >= 4 is 11.6 Å². The fourth-order valence-electron chi connectivity index (χ4n) is 3.83. The summed E-state index contributed by atoms with van der Waals surface area (Å²) in [5, 5.41) is 2.80. The van der Waals surface area contributed by atoms with E-state index in [9.17, 15) is 9.59 Å². The smallest absolute Gasteiger partial charge is 0.227 e. The summed E-state index contributed by atoms with van der Waals surface area (Å²) in [7, 11) is 0. The van der Waals surface area contributed by atoms with Crippen LogP contribution in [0.25, 0.3) is 0 Å². The van der Waals surface area contributed by atoms with Gasteiger partial charge in [-0.3, -0.25) is 9.59 Å². The van der Waals surface area contributed by atoms with Crippen molar-refractivity contribution in [3.05, 3.63) is 52.1 Å². The first kappa shape index (κ1) is 26.8. The Balaban J connectivity index is 1.35. The Morgan fingerprint density at radius 1 is 1.09 bits per heavy atom. The molecule has 2 aromatic rings. The van der Waals surface area contributed by atoms with Crippen LogP contribution in [0.1, 0.15) is 70.1 Å². The number of hydrogen-bond donors (Lipinski definition) is 1. The molecule has 1 fully saturated rings. The molecule has 0 radical (unpaired) electrons. The molecule has 1 atom stereocenters. The average molecular weight is 488 g/mol. The topological polar surface area (TPSA) is 96.2 Å². The van der Waals surface area contributed by atoms with Crippen LogP contribution in [-0.4, -0.2) is 32.0 Å². The fourth-order valence-corrected chi connectivity index (χ4v) is 3.83. The maximum Gasteiger partial charge on any atom is 0.227 e. The van der Waals surface area contributed by atoms with Crippen molar-refractivity contribution in [2.24, 2.45) is 0 Å². The van der Waals surface area contributed by atoms with E-state index in [1.807, 2.05) is 18.2 Å². The molecule has 1 aromatic carbocycles. The summed E-state index contributed by atoms with van der Waals surface area (Å²) in [6.45, 7) is 5.52. The maximum atomic E-state index is 12.3. The highest BCUT2D eigenvalue weighted by Crippen LogP contribution is 2.25. The molecule has 8 nitrogen and oxygen atoms in total. The Labute approximate surface area is 206 Å². The number of rotatable bonds is 14. The van der Waals surface area contributed by atoms with E-state index in [0.717, 1.165) is 68.4 Å². The predicted molar refractivity (Wildman–Crippen MR) is 133 cm³/mol. The SMILES string of the molecule is CCCc1ccc(NC(C)=O)cc1OCCCCCOc1coc(COC2CCCCO2)cc1=O. The summed E-state index contributed by atoms with van der Waals surface area (Å²) in [5.74, 6) is 1.37. The zero-order valence-electron chi connectivity index (χ0n) is 20.8. The van der Waals surface area contributed by atoms with Gasteiger partial charge in [-0.25, -0.2) is 0 Å². The number of carbonyl (C=O) groups excluding carboxylic acids is 1. The Morgan fingerprint density at radius 2 is 1.89 bits per heavy atom. The minimum absolute atomic E-state index is 0.106. The third-order valence-electron chi connectivity index (χ3n) is 5.61. The number of nitrogens with one attached hydrogen (secondary N) is 1. The zero-order valence-corrected chi connectivity index (χ0v) is 20.8. The summed E-state index contributed by atoms with van der Waals surface area (Å²) in [6.07, 6.45) is 8.61. The second kappa shape index (κ2) is 14.5. The molecule has 1 aliphatic heterocycles. The number of aryl methyl sites for hydroxylation is 1. The molecule has 1 saturated heterocycles. The lowest BCUT2D eigenvalue weighted by Gasteiger charge is -2.22. The summed E-state index contributed by atoms with van der Waals surface area (Å²) in [6, 6.07) is 7.20.